The topological polar surface area (TPSA) is 130 Å². The van der Waals surface area contributed by atoms with Gasteiger partial charge in [0, 0.05) is 0 Å². The van der Waals surface area contributed by atoms with Gasteiger partial charge in [-0.2, -0.15) is 0 Å². The Balaban J connectivity index is -0.0000000982. The maximum absolute atomic E-state index is 11.0. The molecule has 0 aromatic heterocycles. The number of unbranched alkanes of at least 4 members (excludes halogenated alkanes) is 1. The molecule has 28 heavy (non-hydrogen) atoms. The van der Waals surface area contributed by atoms with Crippen molar-refractivity contribution >= 4 is 13.1 Å². The SMILES string of the molecule is CC.CC.CC.CCB(O)O.CCCC.NCCC1CCCCC1(N)C(=O)O. The Kier molecular flexibility index (Phi) is 42.2. The summed E-state index contributed by atoms with van der Waals surface area (Å²) in [6, 6.07) is 0. The van der Waals surface area contributed by atoms with Crippen LogP contribution < -0.4 is 11.5 Å². The standard InChI is InChI=1S/C9H18N2O2.C4H10.C2H7BO2.3C2H6/c10-6-4-7-3-1-2-5-9(7,11)8(12)13;1-3-4-2;1-2-3(4)5;3*1-2/h7H,1-6,10-11H2,(H,12,13);3-4H2,1-2H3;4-5H,2H2,1H3;3*1-2H3. The van der Waals surface area contributed by atoms with Crippen LogP contribution in [0.2, 0.25) is 6.32 Å². The Morgan fingerprint density at radius 1 is 1.00 bits per heavy atom. The van der Waals surface area contributed by atoms with Gasteiger partial charge in [-0.3, -0.25) is 4.79 Å². The lowest BCUT2D eigenvalue weighted by Gasteiger charge is -2.37. The average molecular weight is 408 g/mol. The molecule has 0 spiro atoms. The van der Waals surface area contributed by atoms with Gasteiger partial charge in [0.15, 0.2) is 0 Å². The number of hydrogen-bond acceptors (Lipinski definition) is 5. The van der Waals surface area contributed by atoms with Crippen molar-refractivity contribution in [2.75, 3.05) is 6.54 Å². The molecule has 0 amide bonds. The van der Waals surface area contributed by atoms with Gasteiger partial charge in [-0.1, -0.05) is 88.0 Å². The summed E-state index contributed by atoms with van der Waals surface area (Å²) >= 11 is 0. The largest absolute Gasteiger partial charge is 0.480 e. The fourth-order valence-corrected chi connectivity index (χ4v) is 2.15. The maximum Gasteiger partial charge on any atom is 0.451 e. The van der Waals surface area contributed by atoms with Gasteiger partial charge in [0.1, 0.15) is 5.54 Å². The van der Waals surface area contributed by atoms with Crippen LogP contribution in [0.1, 0.15) is 107 Å². The Labute approximate surface area is 176 Å². The van der Waals surface area contributed by atoms with Gasteiger partial charge in [-0.25, -0.2) is 0 Å². The molecule has 174 valence electrons. The van der Waals surface area contributed by atoms with Gasteiger partial charge < -0.3 is 26.6 Å². The van der Waals surface area contributed by atoms with Gasteiger partial charge in [0.05, 0.1) is 0 Å². The van der Waals surface area contributed by atoms with Crippen molar-refractivity contribution in [1.29, 1.82) is 0 Å². The first-order valence-electron chi connectivity index (χ1n) is 11.4. The number of aliphatic carboxylic acids is 1. The summed E-state index contributed by atoms with van der Waals surface area (Å²) < 4.78 is 0. The van der Waals surface area contributed by atoms with Crippen molar-refractivity contribution in [3.63, 3.8) is 0 Å². The normalized spacial score (nSPS) is 19.1. The fourth-order valence-electron chi connectivity index (χ4n) is 2.15. The predicted octanol–water partition coefficient (Wildman–Crippen LogP) is 4.67. The van der Waals surface area contributed by atoms with E-state index >= 15 is 0 Å². The third-order valence-corrected chi connectivity index (χ3v) is 3.90. The van der Waals surface area contributed by atoms with E-state index in [1.54, 1.807) is 6.92 Å². The molecule has 7 heteroatoms. The number of carbonyl (C=O) groups is 1. The molecule has 1 saturated carbocycles. The van der Waals surface area contributed by atoms with Crippen LogP contribution in [0.25, 0.3) is 0 Å². The van der Waals surface area contributed by atoms with E-state index in [4.69, 9.17) is 26.6 Å². The highest BCUT2D eigenvalue weighted by Crippen LogP contribution is 2.33. The first kappa shape index (κ1) is 38.0. The van der Waals surface area contributed by atoms with Crippen molar-refractivity contribution < 1.29 is 19.9 Å². The van der Waals surface area contributed by atoms with Crippen LogP contribution in [0.3, 0.4) is 0 Å². The van der Waals surface area contributed by atoms with Crippen LogP contribution >= 0.6 is 0 Å². The molecule has 0 bridgehead atoms. The minimum atomic E-state index is -1.12. The third kappa shape index (κ3) is 23.4. The summed E-state index contributed by atoms with van der Waals surface area (Å²) in [4.78, 5) is 11.0. The van der Waals surface area contributed by atoms with Crippen LogP contribution in [-0.4, -0.2) is 40.3 Å². The summed E-state index contributed by atoms with van der Waals surface area (Å²) in [5, 5.41) is 24.9. The predicted molar refractivity (Wildman–Crippen MR) is 125 cm³/mol. The molecular formula is C21H53BN2O4. The molecule has 0 saturated heterocycles. The van der Waals surface area contributed by atoms with Gasteiger partial charge in [-0.15, -0.1) is 0 Å². The average Bonchev–Trinajstić information content (AvgIpc) is 2.74. The summed E-state index contributed by atoms with van der Waals surface area (Å²) in [6.45, 7) is 18.6. The van der Waals surface area contributed by atoms with Crippen molar-refractivity contribution in [2.45, 2.75) is 119 Å². The second kappa shape index (κ2) is 31.1. The molecule has 1 rings (SSSR count). The molecule has 2 unspecified atom stereocenters. The van der Waals surface area contributed by atoms with Crippen molar-refractivity contribution in [3.8, 4) is 0 Å². The highest BCUT2D eigenvalue weighted by atomic mass is 16.4. The zero-order valence-corrected chi connectivity index (χ0v) is 20.4. The second-order valence-electron chi connectivity index (χ2n) is 5.75. The molecule has 7 N–H and O–H groups in total. The second-order valence-corrected chi connectivity index (χ2v) is 5.75. The zero-order chi connectivity index (χ0) is 23.6. The molecule has 2 atom stereocenters. The molecule has 1 fully saturated rings. The maximum atomic E-state index is 11.0. The number of carboxylic acids is 1. The number of hydrogen-bond donors (Lipinski definition) is 5. The first-order chi connectivity index (χ1) is 13.3. The molecule has 0 radical (unpaired) electrons. The Hall–Kier alpha value is -0.625. The van der Waals surface area contributed by atoms with Gasteiger partial charge in [0.2, 0.25) is 0 Å². The van der Waals surface area contributed by atoms with Crippen molar-refractivity contribution in [1.82, 2.24) is 0 Å². The summed E-state index contributed by atoms with van der Waals surface area (Å²) in [6.07, 6.45) is 7.27. The van der Waals surface area contributed by atoms with Crippen LogP contribution in [0.15, 0.2) is 0 Å². The van der Waals surface area contributed by atoms with Crippen LogP contribution in [0.5, 0.6) is 0 Å². The van der Waals surface area contributed by atoms with E-state index in [9.17, 15) is 4.79 Å². The monoisotopic (exact) mass is 408 g/mol. The molecule has 0 aliphatic heterocycles. The third-order valence-electron chi connectivity index (χ3n) is 3.90. The quantitative estimate of drug-likeness (QED) is 0.420. The lowest BCUT2D eigenvalue weighted by atomic mass is 9.72. The van der Waals surface area contributed by atoms with E-state index < -0.39 is 18.6 Å². The summed E-state index contributed by atoms with van der Waals surface area (Å²) in [5.41, 5.74) is 10.3. The van der Waals surface area contributed by atoms with Gasteiger partial charge >= 0.3 is 13.1 Å². The minimum absolute atomic E-state index is 0.0590. The smallest absolute Gasteiger partial charge is 0.451 e. The molecule has 0 heterocycles. The molecule has 1 aliphatic rings. The van der Waals surface area contributed by atoms with E-state index in [1.807, 2.05) is 41.5 Å². The number of carboxylic acid groups (broad SMARTS) is 1. The van der Waals surface area contributed by atoms with Crippen LogP contribution in [-0.2, 0) is 4.79 Å². The van der Waals surface area contributed by atoms with Crippen LogP contribution in [0, 0.1) is 5.92 Å². The van der Waals surface area contributed by atoms with Gasteiger partial charge in [-0.05, 0) is 38.0 Å². The summed E-state index contributed by atoms with van der Waals surface area (Å²) in [7, 11) is -1.12. The molecule has 0 aromatic carbocycles. The highest BCUT2D eigenvalue weighted by Gasteiger charge is 2.43. The molecule has 1 aliphatic carbocycles. The Bertz CT molecular complexity index is 279. The fraction of sp³-hybridized carbons (Fsp3) is 0.952. The highest BCUT2D eigenvalue weighted by molar-refractivity contribution is 6.40. The minimum Gasteiger partial charge on any atom is -0.480 e. The Morgan fingerprint density at radius 3 is 1.64 bits per heavy atom. The van der Waals surface area contributed by atoms with Gasteiger partial charge in [0.25, 0.3) is 0 Å². The number of nitrogens with two attached hydrogens (primary N) is 2. The van der Waals surface area contributed by atoms with E-state index in [1.165, 1.54) is 12.8 Å². The Morgan fingerprint density at radius 2 is 1.39 bits per heavy atom. The summed E-state index contributed by atoms with van der Waals surface area (Å²) in [5.74, 6) is -0.811. The van der Waals surface area contributed by atoms with E-state index in [2.05, 4.69) is 13.8 Å². The zero-order valence-electron chi connectivity index (χ0n) is 20.4. The molecule has 0 aromatic rings. The van der Waals surface area contributed by atoms with E-state index in [-0.39, 0.29) is 5.92 Å². The van der Waals surface area contributed by atoms with Crippen molar-refractivity contribution in [2.24, 2.45) is 17.4 Å². The van der Waals surface area contributed by atoms with Crippen LogP contribution in [0.4, 0.5) is 0 Å². The lowest BCUT2D eigenvalue weighted by Crippen LogP contribution is -2.56. The van der Waals surface area contributed by atoms with Crippen molar-refractivity contribution in [3.05, 3.63) is 0 Å². The number of rotatable bonds is 5. The molecule has 6 nitrogen and oxygen atoms in total. The van der Waals surface area contributed by atoms with E-state index in [0.717, 1.165) is 25.7 Å². The lowest BCUT2D eigenvalue weighted by molar-refractivity contribution is -0.147. The molecular weight excluding hydrogens is 355 g/mol. The van der Waals surface area contributed by atoms with E-state index in [0.29, 0.717) is 19.3 Å². The first-order valence-corrected chi connectivity index (χ1v) is 11.4.